The second kappa shape index (κ2) is 5.61. The molecule has 0 unspecified atom stereocenters. The quantitative estimate of drug-likeness (QED) is 0.660. The highest BCUT2D eigenvalue weighted by molar-refractivity contribution is 6.08. The molecule has 0 aliphatic carbocycles. The van der Waals surface area contributed by atoms with Crippen LogP contribution < -0.4 is 0 Å². The van der Waals surface area contributed by atoms with E-state index in [-0.39, 0.29) is 22.8 Å². The minimum Gasteiger partial charge on any atom is -0.507 e. The molecule has 0 radical (unpaired) electrons. The summed E-state index contributed by atoms with van der Waals surface area (Å²) in [6, 6.07) is 10.0. The van der Waals surface area contributed by atoms with Crippen molar-refractivity contribution in [1.29, 1.82) is 0 Å². The lowest BCUT2D eigenvalue weighted by molar-refractivity contribution is 0.104. The molecule has 0 atom stereocenters. The molecule has 0 aliphatic heterocycles. The molecule has 2 N–H and O–H groups in total. The fourth-order valence-corrected chi connectivity index (χ4v) is 2.03. The molecule has 0 bridgehead atoms. The van der Waals surface area contributed by atoms with Crippen LogP contribution in [0.4, 0.5) is 0 Å². The molecule has 2 rings (SSSR count). The third-order valence-corrected chi connectivity index (χ3v) is 3.11. The number of para-hydroxylation sites is 1. The van der Waals surface area contributed by atoms with Crippen molar-refractivity contribution in [1.82, 2.24) is 0 Å². The SMILES string of the molecule is Cc1cc(C=CC(=O)c2ccccc2O)cc(C)c1O. The van der Waals surface area contributed by atoms with Crippen LogP contribution in [0.1, 0.15) is 27.0 Å². The number of carbonyl (C=O) groups excluding carboxylic acids is 1. The van der Waals surface area contributed by atoms with Crippen molar-refractivity contribution in [3.8, 4) is 11.5 Å². The van der Waals surface area contributed by atoms with Gasteiger partial charge in [0.05, 0.1) is 5.56 Å². The van der Waals surface area contributed by atoms with Crippen molar-refractivity contribution < 1.29 is 15.0 Å². The van der Waals surface area contributed by atoms with Gasteiger partial charge in [0.15, 0.2) is 5.78 Å². The third-order valence-electron chi connectivity index (χ3n) is 3.11. The number of allylic oxidation sites excluding steroid dienone is 1. The first-order chi connectivity index (χ1) is 9.49. The van der Waals surface area contributed by atoms with Gasteiger partial charge in [0, 0.05) is 0 Å². The molecule has 102 valence electrons. The fraction of sp³-hybridized carbons (Fsp3) is 0.118. The van der Waals surface area contributed by atoms with Gasteiger partial charge in [0.2, 0.25) is 0 Å². The van der Waals surface area contributed by atoms with Crippen LogP contribution in [-0.4, -0.2) is 16.0 Å². The summed E-state index contributed by atoms with van der Waals surface area (Å²) in [4.78, 5) is 12.0. The van der Waals surface area contributed by atoms with E-state index in [1.54, 1.807) is 36.4 Å². The van der Waals surface area contributed by atoms with E-state index in [9.17, 15) is 15.0 Å². The fourth-order valence-electron chi connectivity index (χ4n) is 2.03. The lowest BCUT2D eigenvalue weighted by Crippen LogP contribution is -1.94. The predicted molar refractivity (Wildman–Crippen MR) is 79.1 cm³/mol. The Morgan fingerprint density at radius 1 is 1.05 bits per heavy atom. The Morgan fingerprint density at radius 3 is 2.25 bits per heavy atom. The maximum Gasteiger partial charge on any atom is 0.189 e. The zero-order chi connectivity index (χ0) is 14.7. The smallest absolute Gasteiger partial charge is 0.189 e. The largest absolute Gasteiger partial charge is 0.507 e. The molecule has 0 saturated heterocycles. The van der Waals surface area contributed by atoms with Crippen molar-refractivity contribution in [2.75, 3.05) is 0 Å². The van der Waals surface area contributed by atoms with E-state index < -0.39 is 0 Å². The van der Waals surface area contributed by atoms with Crippen molar-refractivity contribution >= 4 is 11.9 Å². The van der Waals surface area contributed by atoms with Crippen LogP contribution in [0.15, 0.2) is 42.5 Å². The first-order valence-corrected chi connectivity index (χ1v) is 6.29. The number of ketones is 1. The number of rotatable bonds is 3. The summed E-state index contributed by atoms with van der Waals surface area (Å²) in [5.41, 5.74) is 2.64. The van der Waals surface area contributed by atoms with Crippen molar-refractivity contribution in [3.63, 3.8) is 0 Å². The molecule has 2 aromatic carbocycles. The molecule has 0 heterocycles. The number of phenols is 2. The standard InChI is InChI=1S/C17H16O3/c1-11-9-13(10-12(2)17(11)20)7-8-16(19)14-5-3-4-6-15(14)18/h3-10,18,20H,1-2H3. The number of carbonyl (C=O) groups is 1. The Labute approximate surface area is 117 Å². The average molecular weight is 268 g/mol. The second-order valence-electron chi connectivity index (χ2n) is 4.72. The number of hydrogen-bond acceptors (Lipinski definition) is 3. The Kier molecular flexibility index (Phi) is 3.89. The van der Waals surface area contributed by atoms with Gasteiger partial charge in [-0.15, -0.1) is 0 Å². The molecule has 0 saturated carbocycles. The minimum atomic E-state index is -0.258. The monoisotopic (exact) mass is 268 g/mol. The van der Waals surface area contributed by atoms with Crippen molar-refractivity contribution in [2.45, 2.75) is 13.8 Å². The second-order valence-corrected chi connectivity index (χ2v) is 4.72. The molecule has 0 amide bonds. The Balaban J connectivity index is 2.26. The molecule has 0 aromatic heterocycles. The molecule has 0 fully saturated rings. The molecule has 0 spiro atoms. The summed E-state index contributed by atoms with van der Waals surface area (Å²) in [6.45, 7) is 3.62. The highest BCUT2D eigenvalue weighted by Crippen LogP contribution is 2.24. The highest BCUT2D eigenvalue weighted by atomic mass is 16.3. The van der Waals surface area contributed by atoms with Gasteiger partial charge in [0.25, 0.3) is 0 Å². The number of aromatic hydroxyl groups is 2. The molecule has 3 nitrogen and oxygen atoms in total. The van der Waals surface area contributed by atoms with E-state index in [0.717, 1.165) is 16.7 Å². The summed E-state index contributed by atoms with van der Waals surface area (Å²) < 4.78 is 0. The van der Waals surface area contributed by atoms with Gasteiger partial charge >= 0.3 is 0 Å². The highest BCUT2D eigenvalue weighted by Gasteiger charge is 2.07. The van der Waals surface area contributed by atoms with E-state index in [0.29, 0.717) is 0 Å². The predicted octanol–water partition coefficient (Wildman–Crippen LogP) is 3.61. The number of aryl methyl sites for hydroxylation is 2. The number of benzene rings is 2. The van der Waals surface area contributed by atoms with Crippen molar-refractivity contribution in [2.24, 2.45) is 0 Å². The van der Waals surface area contributed by atoms with Gasteiger partial charge in [-0.1, -0.05) is 18.2 Å². The Bertz CT molecular complexity index is 661. The van der Waals surface area contributed by atoms with Crippen LogP contribution in [0.3, 0.4) is 0 Å². The van der Waals surface area contributed by atoms with Crippen LogP contribution in [0.2, 0.25) is 0 Å². The van der Waals surface area contributed by atoms with E-state index in [1.165, 1.54) is 12.1 Å². The zero-order valence-corrected chi connectivity index (χ0v) is 11.4. The molecule has 20 heavy (non-hydrogen) atoms. The molecule has 3 heteroatoms. The summed E-state index contributed by atoms with van der Waals surface area (Å²) in [7, 11) is 0. The van der Waals surface area contributed by atoms with E-state index in [1.807, 2.05) is 13.8 Å². The molecular formula is C17H16O3. The lowest BCUT2D eigenvalue weighted by atomic mass is 10.0. The van der Waals surface area contributed by atoms with Crippen LogP contribution >= 0.6 is 0 Å². The van der Waals surface area contributed by atoms with Crippen LogP contribution in [0.5, 0.6) is 11.5 Å². The molecule has 2 aromatic rings. The van der Waals surface area contributed by atoms with Gasteiger partial charge in [-0.3, -0.25) is 4.79 Å². The Morgan fingerprint density at radius 2 is 1.65 bits per heavy atom. The van der Waals surface area contributed by atoms with Crippen molar-refractivity contribution in [3.05, 3.63) is 64.7 Å². The Hall–Kier alpha value is -2.55. The lowest BCUT2D eigenvalue weighted by Gasteiger charge is -2.04. The van der Waals surface area contributed by atoms with Crippen LogP contribution in [-0.2, 0) is 0 Å². The number of hydrogen-bond donors (Lipinski definition) is 2. The summed E-state index contributed by atoms with van der Waals surface area (Å²) in [5, 5.41) is 19.3. The summed E-state index contributed by atoms with van der Waals surface area (Å²) >= 11 is 0. The van der Waals surface area contributed by atoms with Crippen LogP contribution in [0, 0.1) is 13.8 Å². The number of phenolic OH excluding ortho intramolecular Hbond substituents is 2. The summed E-state index contributed by atoms with van der Waals surface area (Å²) in [6.07, 6.45) is 3.09. The first kappa shape index (κ1) is 13.9. The van der Waals surface area contributed by atoms with Gasteiger partial charge < -0.3 is 10.2 Å². The van der Waals surface area contributed by atoms with Gasteiger partial charge in [-0.25, -0.2) is 0 Å². The van der Waals surface area contributed by atoms with E-state index >= 15 is 0 Å². The first-order valence-electron chi connectivity index (χ1n) is 6.29. The molecular weight excluding hydrogens is 252 g/mol. The molecule has 0 aliphatic rings. The maximum atomic E-state index is 12.0. The van der Waals surface area contributed by atoms with Gasteiger partial charge in [0.1, 0.15) is 11.5 Å². The van der Waals surface area contributed by atoms with Crippen LogP contribution in [0.25, 0.3) is 6.08 Å². The minimum absolute atomic E-state index is 0.0276. The normalized spacial score (nSPS) is 10.9. The topological polar surface area (TPSA) is 57.5 Å². The third kappa shape index (κ3) is 2.88. The van der Waals surface area contributed by atoms with E-state index in [4.69, 9.17) is 0 Å². The average Bonchev–Trinajstić information content (AvgIpc) is 2.42. The maximum absolute atomic E-state index is 12.0. The van der Waals surface area contributed by atoms with Gasteiger partial charge in [-0.05, 0) is 60.9 Å². The van der Waals surface area contributed by atoms with E-state index in [2.05, 4.69) is 0 Å². The summed E-state index contributed by atoms with van der Waals surface area (Å²) in [5.74, 6) is -0.0131. The zero-order valence-electron chi connectivity index (χ0n) is 11.4. The van der Waals surface area contributed by atoms with Gasteiger partial charge in [-0.2, -0.15) is 0 Å².